The van der Waals surface area contributed by atoms with Gasteiger partial charge in [0.05, 0.1) is 6.26 Å². The summed E-state index contributed by atoms with van der Waals surface area (Å²) < 4.78 is 5.13. The Hall–Kier alpha value is -2.46. The summed E-state index contributed by atoms with van der Waals surface area (Å²) in [7, 11) is 1.75. The van der Waals surface area contributed by atoms with Crippen molar-refractivity contribution in [2.45, 2.75) is 24.9 Å². The van der Waals surface area contributed by atoms with E-state index in [0.717, 1.165) is 5.56 Å². The molecule has 0 aliphatic rings. The maximum absolute atomic E-state index is 12.1. The molecule has 0 spiro atoms. The van der Waals surface area contributed by atoms with Crippen molar-refractivity contribution in [3.05, 3.63) is 83.3 Å². The number of furan rings is 1. The highest BCUT2D eigenvalue weighted by atomic mass is 127. The fourth-order valence-electron chi connectivity index (χ4n) is 2.94. The van der Waals surface area contributed by atoms with Crippen LogP contribution in [0.25, 0.3) is 0 Å². The van der Waals surface area contributed by atoms with Crippen molar-refractivity contribution in [2.75, 3.05) is 18.6 Å². The summed E-state index contributed by atoms with van der Waals surface area (Å²) in [5.41, 5.74) is 4.22. The molecule has 3 aromatic rings. The third-order valence-corrected chi connectivity index (χ3v) is 5.32. The molecule has 164 valence electrons. The minimum atomic E-state index is -0.273. The molecule has 1 amide bonds. The summed E-state index contributed by atoms with van der Waals surface area (Å²) in [6, 6.07) is 17.4. The number of benzene rings is 2. The number of rotatable bonds is 7. The van der Waals surface area contributed by atoms with Crippen LogP contribution < -0.4 is 16.0 Å². The van der Waals surface area contributed by atoms with E-state index in [1.54, 1.807) is 30.9 Å². The van der Waals surface area contributed by atoms with E-state index in [0.29, 0.717) is 24.7 Å². The van der Waals surface area contributed by atoms with Crippen LogP contribution in [0.4, 0.5) is 5.69 Å². The van der Waals surface area contributed by atoms with E-state index in [2.05, 4.69) is 52.3 Å². The van der Waals surface area contributed by atoms with Crippen molar-refractivity contribution in [1.82, 2.24) is 10.6 Å². The lowest BCUT2D eigenvalue weighted by Gasteiger charge is -2.14. The van der Waals surface area contributed by atoms with E-state index in [4.69, 9.17) is 4.42 Å². The normalized spacial score (nSPS) is 10.9. The van der Waals surface area contributed by atoms with Gasteiger partial charge < -0.3 is 20.4 Å². The fourth-order valence-corrected chi connectivity index (χ4v) is 3.65. The van der Waals surface area contributed by atoms with Crippen molar-refractivity contribution in [2.24, 2.45) is 4.99 Å². The lowest BCUT2D eigenvalue weighted by atomic mass is 10.1. The predicted molar refractivity (Wildman–Crippen MR) is 139 cm³/mol. The minimum Gasteiger partial charge on any atom is -0.459 e. The summed E-state index contributed by atoms with van der Waals surface area (Å²) in [5.74, 6) is 0.724. The van der Waals surface area contributed by atoms with Gasteiger partial charge in [-0.05, 0) is 60.2 Å². The third kappa shape index (κ3) is 7.32. The summed E-state index contributed by atoms with van der Waals surface area (Å²) >= 11 is 1.74. The monoisotopic (exact) mass is 550 g/mol. The summed E-state index contributed by atoms with van der Waals surface area (Å²) in [6.45, 7) is 3.37. The maximum Gasteiger partial charge on any atom is 0.291 e. The van der Waals surface area contributed by atoms with Gasteiger partial charge in [-0.1, -0.05) is 24.3 Å². The molecule has 0 aliphatic heterocycles. The van der Waals surface area contributed by atoms with Crippen LogP contribution in [0.1, 0.15) is 27.2 Å². The molecule has 0 unspecified atom stereocenters. The number of hydrogen-bond acceptors (Lipinski definition) is 4. The molecule has 3 N–H and O–H groups in total. The van der Waals surface area contributed by atoms with Gasteiger partial charge in [-0.25, -0.2) is 0 Å². The first-order valence-electron chi connectivity index (χ1n) is 9.61. The van der Waals surface area contributed by atoms with Crippen molar-refractivity contribution in [3.8, 4) is 0 Å². The molecule has 3 rings (SSSR count). The van der Waals surface area contributed by atoms with Crippen LogP contribution in [0.3, 0.4) is 0 Å². The predicted octanol–water partition coefficient (Wildman–Crippen LogP) is 5.05. The molecule has 0 saturated heterocycles. The number of nitrogens with zero attached hydrogens (tertiary/aromatic N) is 1. The van der Waals surface area contributed by atoms with E-state index in [1.807, 2.05) is 24.3 Å². The summed E-state index contributed by atoms with van der Waals surface area (Å²) in [4.78, 5) is 17.7. The molecular weight excluding hydrogens is 523 g/mol. The first kappa shape index (κ1) is 24.8. The number of guanidine groups is 1. The fraction of sp³-hybridized carbons (Fsp3) is 0.217. The molecule has 0 saturated carbocycles. The van der Waals surface area contributed by atoms with Crippen molar-refractivity contribution in [3.63, 3.8) is 0 Å². The lowest BCUT2D eigenvalue weighted by molar-refractivity contribution is 0.0996. The Morgan fingerprint density at radius 3 is 2.58 bits per heavy atom. The second-order valence-corrected chi connectivity index (χ2v) is 7.57. The molecule has 0 radical (unpaired) electrons. The van der Waals surface area contributed by atoms with E-state index < -0.39 is 0 Å². The van der Waals surface area contributed by atoms with Crippen molar-refractivity contribution < 1.29 is 9.21 Å². The van der Waals surface area contributed by atoms with E-state index in [-0.39, 0.29) is 35.6 Å². The average molecular weight is 550 g/mol. The highest BCUT2D eigenvalue weighted by Gasteiger charge is 2.09. The highest BCUT2D eigenvalue weighted by Crippen LogP contribution is 2.21. The number of thioether (sulfide) groups is 1. The van der Waals surface area contributed by atoms with Crippen molar-refractivity contribution >= 4 is 53.3 Å². The number of carbonyl (C=O) groups excluding carboxylic acids is 1. The van der Waals surface area contributed by atoms with E-state index in [1.165, 1.54) is 22.3 Å². The molecule has 1 heterocycles. The third-order valence-electron chi connectivity index (χ3n) is 4.50. The molecule has 0 aliphatic carbocycles. The Morgan fingerprint density at radius 1 is 1.06 bits per heavy atom. The molecule has 6 nitrogen and oxygen atoms in total. The zero-order chi connectivity index (χ0) is 21.3. The molecule has 31 heavy (non-hydrogen) atoms. The number of hydrogen-bond donors (Lipinski definition) is 3. The van der Waals surface area contributed by atoms with Crippen LogP contribution in [0.15, 0.2) is 75.2 Å². The average Bonchev–Trinajstić information content (AvgIpc) is 3.30. The quantitative estimate of drug-likeness (QED) is 0.166. The van der Waals surface area contributed by atoms with Crippen LogP contribution in [-0.4, -0.2) is 25.2 Å². The van der Waals surface area contributed by atoms with Gasteiger partial charge in [-0.15, -0.1) is 35.7 Å². The zero-order valence-corrected chi connectivity index (χ0v) is 20.9. The zero-order valence-electron chi connectivity index (χ0n) is 17.8. The van der Waals surface area contributed by atoms with Gasteiger partial charge in [-0.2, -0.15) is 0 Å². The Kier molecular flexibility index (Phi) is 9.93. The van der Waals surface area contributed by atoms with Gasteiger partial charge in [-0.3, -0.25) is 9.79 Å². The second kappa shape index (κ2) is 12.4. The van der Waals surface area contributed by atoms with Crippen LogP contribution >= 0.6 is 35.7 Å². The SMILES string of the molecule is CN=C(NCc1cccc(NC(=O)c2ccco2)c1)NCc1ccc(C)cc1SC.I. The minimum absolute atomic E-state index is 0. The van der Waals surface area contributed by atoms with Gasteiger partial charge in [0, 0.05) is 30.7 Å². The summed E-state index contributed by atoms with van der Waals surface area (Å²) in [5, 5.41) is 9.51. The van der Waals surface area contributed by atoms with Gasteiger partial charge >= 0.3 is 0 Å². The molecule has 1 aromatic heterocycles. The Balaban J connectivity index is 0.00000341. The smallest absolute Gasteiger partial charge is 0.291 e. The standard InChI is InChI=1S/C23H26N4O2S.HI/c1-16-9-10-18(21(12-16)30-3)15-26-23(24-2)25-14-17-6-4-7-19(13-17)27-22(28)20-8-5-11-29-20;/h4-13H,14-15H2,1-3H3,(H,27,28)(H2,24,25,26);1H. The Morgan fingerprint density at radius 2 is 1.87 bits per heavy atom. The summed E-state index contributed by atoms with van der Waals surface area (Å²) in [6.07, 6.45) is 3.57. The van der Waals surface area contributed by atoms with Crippen molar-refractivity contribution in [1.29, 1.82) is 0 Å². The van der Waals surface area contributed by atoms with Gasteiger partial charge in [0.15, 0.2) is 11.7 Å². The number of halogens is 1. The molecule has 0 fully saturated rings. The van der Waals surface area contributed by atoms with Gasteiger partial charge in [0.25, 0.3) is 5.91 Å². The topological polar surface area (TPSA) is 78.7 Å². The number of anilines is 1. The molecular formula is C23H27IN4O2S. The number of aryl methyl sites for hydroxylation is 1. The first-order chi connectivity index (χ1) is 14.6. The molecule has 0 atom stereocenters. The van der Waals surface area contributed by atoms with Crippen LogP contribution in [0.5, 0.6) is 0 Å². The Labute approximate surface area is 204 Å². The van der Waals surface area contributed by atoms with Crippen LogP contribution in [0.2, 0.25) is 0 Å². The highest BCUT2D eigenvalue weighted by molar-refractivity contribution is 14.0. The second-order valence-electron chi connectivity index (χ2n) is 6.73. The molecule has 0 bridgehead atoms. The van der Waals surface area contributed by atoms with E-state index >= 15 is 0 Å². The molecule has 8 heteroatoms. The van der Waals surface area contributed by atoms with Crippen LogP contribution in [-0.2, 0) is 13.1 Å². The lowest BCUT2D eigenvalue weighted by Crippen LogP contribution is -2.36. The number of carbonyl (C=O) groups is 1. The number of amides is 1. The Bertz CT molecular complexity index is 1020. The van der Waals surface area contributed by atoms with Gasteiger partial charge in [0.1, 0.15) is 0 Å². The number of aliphatic imine (C=N–C) groups is 1. The number of nitrogens with one attached hydrogen (secondary N) is 3. The van der Waals surface area contributed by atoms with E-state index in [9.17, 15) is 4.79 Å². The largest absolute Gasteiger partial charge is 0.459 e. The van der Waals surface area contributed by atoms with Gasteiger partial charge in [0.2, 0.25) is 0 Å². The maximum atomic E-state index is 12.1. The first-order valence-corrected chi connectivity index (χ1v) is 10.8. The molecule has 2 aromatic carbocycles. The van der Waals surface area contributed by atoms with Crippen LogP contribution in [0, 0.1) is 6.92 Å².